The van der Waals surface area contributed by atoms with Crippen LogP contribution < -0.4 is 5.73 Å². The molecule has 0 saturated heterocycles. The van der Waals surface area contributed by atoms with E-state index >= 15 is 0 Å². The Morgan fingerprint density at radius 2 is 2.24 bits per heavy atom. The summed E-state index contributed by atoms with van der Waals surface area (Å²) < 4.78 is 4.63. The molecule has 1 aliphatic carbocycles. The maximum absolute atomic E-state index is 11.2. The second kappa shape index (κ2) is 5.14. The molecule has 2 N–H and O–H groups in total. The van der Waals surface area contributed by atoms with Gasteiger partial charge in [-0.05, 0) is 12.8 Å². The fourth-order valence-corrected chi connectivity index (χ4v) is 3.23. The largest absolute Gasteiger partial charge is 0.469 e. The lowest BCUT2D eigenvalue weighted by atomic mass is 9.83. The maximum atomic E-state index is 11.2. The van der Waals surface area contributed by atoms with Crippen molar-refractivity contribution >= 4 is 17.3 Å². The van der Waals surface area contributed by atoms with E-state index in [1.54, 1.807) is 11.3 Å². The van der Waals surface area contributed by atoms with Gasteiger partial charge < -0.3 is 10.5 Å². The number of hydrogen-bond donors (Lipinski definition) is 1. The highest BCUT2D eigenvalue weighted by Crippen LogP contribution is 2.36. The van der Waals surface area contributed by atoms with Gasteiger partial charge >= 0.3 is 5.97 Å². The summed E-state index contributed by atoms with van der Waals surface area (Å²) in [6, 6.07) is 0. The molecular formula is C12H18N2O2S. The van der Waals surface area contributed by atoms with E-state index < -0.39 is 0 Å². The van der Waals surface area contributed by atoms with Crippen molar-refractivity contribution in [2.75, 3.05) is 7.11 Å². The number of ether oxygens (including phenoxy) is 1. The Morgan fingerprint density at radius 3 is 2.88 bits per heavy atom. The van der Waals surface area contributed by atoms with E-state index in [2.05, 4.69) is 9.72 Å². The van der Waals surface area contributed by atoms with Gasteiger partial charge in [-0.25, -0.2) is 4.98 Å². The van der Waals surface area contributed by atoms with Gasteiger partial charge in [-0.1, -0.05) is 19.3 Å². The van der Waals surface area contributed by atoms with Gasteiger partial charge in [0.15, 0.2) is 0 Å². The SMILES string of the molecule is COC(=O)Cc1csc(C2(N)CCCCC2)n1. The topological polar surface area (TPSA) is 65.2 Å². The first-order chi connectivity index (χ1) is 8.14. The average molecular weight is 254 g/mol. The number of carbonyl (C=O) groups is 1. The molecule has 1 aromatic rings. The van der Waals surface area contributed by atoms with E-state index in [9.17, 15) is 4.79 Å². The summed E-state index contributed by atoms with van der Waals surface area (Å²) in [7, 11) is 1.39. The molecule has 17 heavy (non-hydrogen) atoms. The highest BCUT2D eigenvalue weighted by Gasteiger charge is 2.32. The molecule has 5 heteroatoms. The monoisotopic (exact) mass is 254 g/mol. The van der Waals surface area contributed by atoms with Gasteiger partial charge in [0, 0.05) is 5.38 Å². The molecule has 1 fully saturated rings. The third-order valence-electron chi connectivity index (χ3n) is 3.28. The first-order valence-corrected chi connectivity index (χ1v) is 6.82. The minimum Gasteiger partial charge on any atom is -0.469 e. The van der Waals surface area contributed by atoms with Crippen LogP contribution in [0, 0.1) is 0 Å². The summed E-state index contributed by atoms with van der Waals surface area (Å²) in [6.45, 7) is 0. The Kier molecular flexibility index (Phi) is 3.79. The van der Waals surface area contributed by atoms with Gasteiger partial charge in [-0.3, -0.25) is 4.79 Å². The zero-order valence-electron chi connectivity index (χ0n) is 10.1. The summed E-state index contributed by atoms with van der Waals surface area (Å²) in [5.74, 6) is -0.253. The van der Waals surface area contributed by atoms with Gasteiger partial charge in [0.2, 0.25) is 0 Å². The van der Waals surface area contributed by atoms with Gasteiger partial charge in [-0.15, -0.1) is 11.3 Å². The van der Waals surface area contributed by atoms with Crippen LogP contribution in [0.2, 0.25) is 0 Å². The smallest absolute Gasteiger partial charge is 0.311 e. The summed E-state index contributed by atoms with van der Waals surface area (Å²) in [4.78, 5) is 15.6. The Hall–Kier alpha value is -0.940. The van der Waals surface area contributed by atoms with Crippen molar-refractivity contribution in [2.45, 2.75) is 44.1 Å². The molecule has 1 saturated carbocycles. The first-order valence-electron chi connectivity index (χ1n) is 5.95. The number of hydrogen-bond acceptors (Lipinski definition) is 5. The van der Waals surface area contributed by atoms with E-state index in [-0.39, 0.29) is 17.9 Å². The first kappa shape index (κ1) is 12.5. The standard InChI is InChI=1S/C12H18N2O2S/c1-16-10(15)7-9-8-17-11(14-9)12(13)5-3-2-4-6-12/h8H,2-7,13H2,1H3. The van der Waals surface area contributed by atoms with Crippen LogP contribution in [0.3, 0.4) is 0 Å². The third kappa shape index (κ3) is 2.84. The van der Waals surface area contributed by atoms with Crippen LogP contribution in [0.15, 0.2) is 5.38 Å². The van der Waals surface area contributed by atoms with Crippen LogP contribution in [0.25, 0.3) is 0 Å². The van der Waals surface area contributed by atoms with Gasteiger partial charge in [0.25, 0.3) is 0 Å². The molecule has 0 unspecified atom stereocenters. The van der Waals surface area contributed by atoms with Gasteiger partial charge in [0.05, 0.1) is 24.8 Å². The number of thiazole rings is 1. The third-order valence-corrected chi connectivity index (χ3v) is 4.39. The van der Waals surface area contributed by atoms with Crippen LogP contribution >= 0.6 is 11.3 Å². The van der Waals surface area contributed by atoms with Crippen molar-refractivity contribution in [3.8, 4) is 0 Å². The summed E-state index contributed by atoms with van der Waals surface area (Å²) in [6.07, 6.45) is 5.84. The zero-order valence-corrected chi connectivity index (χ0v) is 10.9. The minimum atomic E-state index is -0.267. The van der Waals surface area contributed by atoms with E-state index in [0.717, 1.165) is 23.5 Å². The predicted molar refractivity (Wildman–Crippen MR) is 66.8 cm³/mol. The molecule has 94 valence electrons. The van der Waals surface area contributed by atoms with Crippen LogP contribution in [-0.2, 0) is 21.5 Å². The zero-order chi connectivity index (χ0) is 12.3. The molecule has 2 rings (SSSR count). The molecule has 0 spiro atoms. The number of aromatic nitrogens is 1. The van der Waals surface area contributed by atoms with E-state index in [4.69, 9.17) is 5.73 Å². The highest BCUT2D eigenvalue weighted by molar-refractivity contribution is 7.09. The van der Waals surface area contributed by atoms with Crippen LogP contribution in [0.4, 0.5) is 0 Å². The second-order valence-electron chi connectivity index (χ2n) is 4.61. The summed E-state index contributed by atoms with van der Waals surface area (Å²) in [5, 5.41) is 2.88. The fourth-order valence-electron chi connectivity index (χ4n) is 2.23. The Bertz CT molecular complexity index is 397. The summed E-state index contributed by atoms with van der Waals surface area (Å²) in [5.41, 5.74) is 6.89. The number of carbonyl (C=O) groups excluding carboxylic acids is 1. The van der Waals surface area contributed by atoms with Crippen molar-refractivity contribution in [3.05, 3.63) is 16.1 Å². The molecule has 0 aromatic carbocycles. The maximum Gasteiger partial charge on any atom is 0.311 e. The molecule has 0 radical (unpaired) electrons. The predicted octanol–water partition coefficient (Wildman–Crippen LogP) is 1.98. The molecule has 4 nitrogen and oxygen atoms in total. The van der Waals surface area contributed by atoms with E-state index in [1.807, 2.05) is 5.38 Å². The van der Waals surface area contributed by atoms with Crippen LogP contribution in [-0.4, -0.2) is 18.1 Å². The number of methoxy groups -OCH3 is 1. The molecule has 1 aromatic heterocycles. The van der Waals surface area contributed by atoms with Crippen molar-refractivity contribution in [1.29, 1.82) is 0 Å². The van der Waals surface area contributed by atoms with Crippen molar-refractivity contribution in [1.82, 2.24) is 4.98 Å². The van der Waals surface area contributed by atoms with Gasteiger partial charge in [-0.2, -0.15) is 0 Å². The fraction of sp³-hybridized carbons (Fsp3) is 0.667. The van der Waals surface area contributed by atoms with E-state index in [1.165, 1.54) is 26.4 Å². The highest BCUT2D eigenvalue weighted by atomic mass is 32.1. The van der Waals surface area contributed by atoms with Crippen LogP contribution in [0.5, 0.6) is 0 Å². The Labute approximate surface area is 105 Å². The lowest BCUT2D eigenvalue weighted by Gasteiger charge is -2.31. The molecule has 1 heterocycles. The Morgan fingerprint density at radius 1 is 1.53 bits per heavy atom. The minimum absolute atomic E-state index is 0.239. The number of esters is 1. The van der Waals surface area contributed by atoms with Crippen molar-refractivity contribution in [3.63, 3.8) is 0 Å². The van der Waals surface area contributed by atoms with Crippen molar-refractivity contribution < 1.29 is 9.53 Å². The Balaban J connectivity index is 2.09. The summed E-state index contributed by atoms with van der Waals surface area (Å²) >= 11 is 1.56. The number of rotatable bonds is 3. The lowest BCUT2D eigenvalue weighted by Crippen LogP contribution is -2.38. The molecule has 1 aliphatic rings. The molecule has 0 amide bonds. The lowest BCUT2D eigenvalue weighted by molar-refractivity contribution is -0.139. The second-order valence-corrected chi connectivity index (χ2v) is 5.47. The number of nitrogens with two attached hydrogens (primary N) is 1. The molecule has 0 bridgehead atoms. The molecule has 0 atom stereocenters. The number of nitrogens with zero attached hydrogens (tertiary/aromatic N) is 1. The van der Waals surface area contributed by atoms with Crippen LogP contribution in [0.1, 0.15) is 42.8 Å². The normalized spacial score (nSPS) is 18.9. The quantitative estimate of drug-likeness (QED) is 0.838. The van der Waals surface area contributed by atoms with Gasteiger partial charge in [0.1, 0.15) is 5.01 Å². The van der Waals surface area contributed by atoms with E-state index in [0.29, 0.717) is 0 Å². The van der Waals surface area contributed by atoms with Crippen molar-refractivity contribution in [2.24, 2.45) is 5.73 Å². The molecular weight excluding hydrogens is 236 g/mol. The average Bonchev–Trinajstić information content (AvgIpc) is 2.79. The molecule has 0 aliphatic heterocycles.